The molecule has 0 fully saturated rings. The molecule has 2 aromatic rings. The van der Waals surface area contributed by atoms with Gasteiger partial charge in [0.25, 0.3) is 0 Å². The summed E-state index contributed by atoms with van der Waals surface area (Å²) < 4.78 is 17.9. The summed E-state index contributed by atoms with van der Waals surface area (Å²) in [6.45, 7) is 0. The molecule has 0 radical (unpaired) electrons. The first kappa shape index (κ1) is 6.86. The third kappa shape index (κ3) is 0.785. The molecule has 0 aliphatic carbocycles. The number of fused-ring (bicyclic) bond motifs is 1. The third-order valence-electron chi connectivity index (χ3n) is 1.70. The van der Waals surface area contributed by atoms with Gasteiger partial charge in [0.2, 0.25) is 0 Å². The first-order valence-electron chi connectivity index (χ1n) is 3.39. The number of halogens is 1. The predicted octanol–water partition coefficient (Wildman–Crippen LogP) is 2.44. The minimum absolute atomic E-state index is 0.0428. The van der Waals surface area contributed by atoms with E-state index in [-0.39, 0.29) is 5.56 Å². The van der Waals surface area contributed by atoms with Crippen molar-refractivity contribution in [2.75, 3.05) is 0 Å². The van der Waals surface area contributed by atoms with Crippen molar-refractivity contribution in [3.8, 4) is 6.07 Å². The fraction of sp³-hybridized carbons (Fsp3) is 0. The molecule has 0 saturated heterocycles. The molecule has 1 aromatic carbocycles. The van der Waals surface area contributed by atoms with Crippen LogP contribution in [0.4, 0.5) is 4.39 Å². The van der Waals surface area contributed by atoms with Crippen LogP contribution in [-0.4, -0.2) is 0 Å². The third-order valence-corrected chi connectivity index (χ3v) is 1.70. The predicted molar refractivity (Wildman–Crippen MR) is 40.9 cm³/mol. The van der Waals surface area contributed by atoms with Crippen LogP contribution in [0, 0.1) is 17.1 Å². The van der Waals surface area contributed by atoms with Crippen LogP contribution < -0.4 is 0 Å². The average Bonchev–Trinajstić information content (AvgIpc) is 2.52. The van der Waals surface area contributed by atoms with Crippen molar-refractivity contribution in [3.63, 3.8) is 0 Å². The van der Waals surface area contributed by atoms with Gasteiger partial charge in [0.15, 0.2) is 0 Å². The monoisotopic (exact) mass is 161 g/mol. The summed E-state index contributed by atoms with van der Waals surface area (Å²) in [5.41, 5.74) is 0.578. The number of benzene rings is 1. The summed E-state index contributed by atoms with van der Waals surface area (Å²) in [5, 5.41) is 9.13. The van der Waals surface area contributed by atoms with Crippen molar-refractivity contribution in [1.29, 1.82) is 5.26 Å². The summed E-state index contributed by atoms with van der Waals surface area (Å²) >= 11 is 0. The van der Waals surface area contributed by atoms with E-state index in [2.05, 4.69) is 0 Å². The molecule has 0 amide bonds. The summed E-state index contributed by atoms with van der Waals surface area (Å²) in [6, 6.07) is 6.10. The molecule has 0 N–H and O–H groups in total. The van der Waals surface area contributed by atoms with Crippen LogP contribution in [0.3, 0.4) is 0 Å². The molecule has 0 unspecified atom stereocenters. The Bertz CT molecular complexity index is 467. The van der Waals surface area contributed by atoms with Crippen LogP contribution in [0.5, 0.6) is 0 Å². The average molecular weight is 161 g/mol. The van der Waals surface area contributed by atoms with Gasteiger partial charge in [-0.05, 0) is 18.2 Å². The number of nitriles is 1. The van der Waals surface area contributed by atoms with E-state index in [0.29, 0.717) is 11.0 Å². The van der Waals surface area contributed by atoms with Crippen LogP contribution in [0.2, 0.25) is 0 Å². The number of furan rings is 1. The number of rotatable bonds is 0. The van der Waals surface area contributed by atoms with Gasteiger partial charge >= 0.3 is 0 Å². The van der Waals surface area contributed by atoms with Crippen molar-refractivity contribution < 1.29 is 8.81 Å². The lowest BCUT2D eigenvalue weighted by molar-refractivity contribution is 0.608. The molecule has 3 heteroatoms. The Morgan fingerprint density at radius 1 is 1.33 bits per heavy atom. The van der Waals surface area contributed by atoms with Crippen LogP contribution in [0.1, 0.15) is 5.56 Å². The van der Waals surface area contributed by atoms with Crippen molar-refractivity contribution in [3.05, 3.63) is 35.8 Å². The SMILES string of the molecule is N#Cc1c(F)ccc2occc12. The van der Waals surface area contributed by atoms with E-state index in [0.717, 1.165) is 0 Å². The Morgan fingerprint density at radius 2 is 2.17 bits per heavy atom. The van der Waals surface area contributed by atoms with Crippen LogP contribution >= 0.6 is 0 Å². The van der Waals surface area contributed by atoms with Gasteiger partial charge in [0.1, 0.15) is 17.5 Å². The van der Waals surface area contributed by atoms with E-state index in [1.807, 2.05) is 0 Å². The first-order chi connectivity index (χ1) is 5.83. The molecule has 58 valence electrons. The van der Waals surface area contributed by atoms with Gasteiger partial charge in [-0.3, -0.25) is 0 Å². The highest BCUT2D eigenvalue weighted by molar-refractivity contribution is 5.83. The Labute approximate surface area is 67.8 Å². The van der Waals surface area contributed by atoms with E-state index in [1.54, 1.807) is 12.1 Å². The van der Waals surface area contributed by atoms with Gasteiger partial charge in [0.05, 0.1) is 11.8 Å². The molecular weight excluding hydrogens is 157 g/mol. The van der Waals surface area contributed by atoms with Crippen molar-refractivity contribution in [2.24, 2.45) is 0 Å². The molecule has 2 rings (SSSR count). The van der Waals surface area contributed by atoms with E-state index in [9.17, 15) is 4.39 Å². The molecule has 0 bridgehead atoms. The quantitative estimate of drug-likeness (QED) is 0.595. The Balaban J connectivity index is 2.94. The summed E-state index contributed by atoms with van der Waals surface area (Å²) in [7, 11) is 0. The van der Waals surface area contributed by atoms with Gasteiger partial charge in [-0.25, -0.2) is 4.39 Å². The summed E-state index contributed by atoms with van der Waals surface area (Å²) in [6.07, 6.45) is 1.44. The fourth-order valence-corrected chi connectivity index (χ4v) is 1.13. The topological polar surface area (TPSA) is 36.9 Å². The van der Waals surface area contributed by atoms with E-state index >= 15 is 0 Å². The lowest BCUT2D eigenvalue weighted by Crippen LogP contribution is -1.82. The maximum absolute atomic E-state index is 12.9. The highest BCUT2D eigenvalue weighted by Crippen LogP contribution is 2.21. The molecule has 0 saturated carbocycles. The maximum atomic E-state index is 12.9. The van der Waals surface area contributed by atoms with E-state index in [4.69, 9.17) is 9.68 Å². The highest BCUT2D eigenvalue weighted by atomic mass is 19.1. The van der Waals surface area contributed by atoms with Gasteiger partial charge in [0, 0.05) is 5.39 Å². The molecule has 1 heterocycles. The van der Waals surface area contributed by atoms with E-state index < -0.39 is 5.82 Å². The zero-order valence-corrected chi connectivity index (χ0v) is 6.04. The lowest BCUT2D eigenvalue weighted by atomic mass is 10.1. The summed E-state index contributed by atoms with van der Waals surface area (Å²) in [5.74, 6) is -0.508. The molecular formula is C9H4FNO. The zero-order chi connectivity index (χ0) is 8.55. The molecule has 1 aromatic heterocycles. The van der Waals surface area contributed by atoms with Crippen molar-refractivity contribution >= 4 is 11.0 Å². The Morgan fingerprint density at radius 3 is 2.92 bits per heavy atom. The molecule has 12 heavy (non-hydrogen) atoms. The number of hydrogen-bond donors (Lipinski definition) is 0. The Hall–Kier alpha value is -1.82. The second-order valence-corrected chi connectivity index (χ2v) is 2.37. The van der Waals surface area contributed by atoms with Gasteiger partial charge in [-0.1, -0.05) is 0 Å². The van der Waals surface area contributed by atoms with Crippen molar-refractivity contribution in [1.82, 2.24) is 0 Å². The van der Waals surface area contributed by atoms with Crippen molar-refractivity contribution in [2.45, 2.75) is 0 Å². The highest BCUT2D eigenvalue weighted by Gasteiger charge is 2.07. The Kier molecular flexibility index (Phi) is 1.34. The minimum Gasteiger partial charge on any atom is -0.464 e. The molecule has 0 spiro atoms. The smallest absolute Gasteiger partial charge is 0.141 e. The molecule has 2 nitrogen and oxygen atoms in total. The number of nitrogens with zero attached hydrogens (tertiary/aromatic N) is 1. The second kappa shape index (κ2) is 2.35. The van der Waals surface area contributed by atoms with Crippen LogP contribution in [0.15, 0.2) is 28.9 Å². The lowest BCUT2D eigenvalue weighted by Gasteiger charge is -1.92. The zero-order valence-electron chi connectivity index (χ0n) is 6.04. The first-order valence-corrected chi connectivity index (χ1v) is 3.39. The van der Waals surface area contributed by atoms with Gasteiger partial charge in [-0.2, -0.15) is 5.26 Å². The molecule has 0 atom stereocenters. The van der Waals surface area contributed by atoms with Gasteiger partial charge in [-0.15, -0.1) is 0 Å². The standard InChI is InChI=1S/C9H4FNO/c10-8-1-2-9-6(3-4-12-9)7(8)5-11/h1-4H. The van der Waals surface area contributed by atoms with Gasteiger partial charge < -0.3 is 4.42 Å². The molecule has 0 aliphatic heterocycles. The largest absolute Gasteiger partial charge is 0.464 e. The van der Waals surface area contributed by atoms with Crippen LogP contribution in [-0.2, 0) is 0 Å². The molecule has 0 aliphatic rings. The summed E-state index contributed by atoms with van der Waals surface area (Å²) in [4.78, 5) is 0. The fourth-order valence-electron chi connectivity index (χ4n) is 1.13. The number of hydrogen-bond acceptors (Lipinski definition) is 2. The van der Waals surface area contributed by atoms with Crippen LogP contribution in [0.25, 0.3) is 11.0 Å². The minimum atomic E-state index is -0.508. The van der Waals surface area contributed by atoms with E-state index in [1.165, 1.54) is 18.4 Å². The maximum Gasteiger partial charge on any atom is 0.141 e. The normalized spacial score (nSPS) is 10.0. The second-order valence-electron chi connectivity index (χ2n) is 2.37.